The van der Waals surface area contributed by atoms with Gasteiger partial charge in [0, 0.05) is 18.6 Å². The highest BCUT2D eigenvalue weighted by Crippen LogP contribution is 2.49. The number of amides is 2. The van der Waals surface area contributed by atoms with Crippen LogP contribution in [0.1, 0.15) is 57.4 Å². The second-order valence-electron chi connectivity index (χ2n) is 9.43. The van der Waals surface area contributed by atoms with Crippen molar-refractivity contribution in [2.24, 2.45) is 5.41 Å². The molecule has 1 aliphatic heterocycles. The zero-order valence-corrected chi connectivity index (χ0v) is 16.6. The number of nitrogens with one attached hydrogen (secondary N) is 1. The molecule has 3 fully saturated rings. The number of hydrogen-bond acceptors (Lipinski definition) is 2. The molecule has 1 aromatic rings. The number of urea groups is 1. The monoisotopic (exact) mass is 355 g/mol. The zero-order chi connectivity index (χ0) is 18.4. The molecular formula is C22H33N3O. The van der Waals surface area contributed by atoms with Crippen molar-refractivity contribution in [1.82, 2.24) is 15.1 Å². The summed E-state index contributed by atoms with van der Waals surface area (Å²) in [5.74, 6) is 0. The van der Waals surface area contributed by atoms with E-state index < -0.39 is 0 Å². The third-order valence-corrected chi connectivity index (χ3v) is 7.66. The predicted octanol–water partition coefficient (Wildman–Crippen LogP) is 3.97. The minimum atomic E-state index is 0.0178. The lowest BCUT2D eigenvalue weighted by Gasteiger charge is -2.53. The highest BCUT2D eigenvalue weighted by Gasteiger charge is 2.53. The van der Waals surface area contributed by atoms with Crippen molar-refractivity contribution in [3.05, 3.63) is 35.9 Å². The number of hydrogen-bond donors (Lipinski definition) is 1. The van der Waals surface area contributed by atoms with Gasteiger partial charge in [-0.1, -0.05) is 43.7 Å². The number of rotatable bonds is 4. The number of nitrogens with zero attached hydrogens (tertiary/aromatic N) is 2. The molecule has 1 heterocycles. The predicted molar refractivity (Wildman–Crippen MR) is 105 cm³/mol. The molecule has 0 radical (unpaired) electrons. The van der Waals surface area contributed by atoms with E-state index in [4.69, 9.17) is 0 Å². The van der Waals surface area contributed by atoms with E-state index in [-0.39, 0.29) is 17.1 Å². The average Bonchev–Trinajstić information content (AvgIpc) is 2.91. The molecular weight excluding hydrogens is 322 g/mol. The summed E-state index contributed by atoms with van der Waals surface area (Å²) in [5, 5.41) is 3.17. The number of carbonyl (C=O) groups is 1. The Morgan fingerprint density at radius 1 is 1.04 bits per heavy atom. The molecule has 26 heavy (non-hydrogen) atoms. The minimum absolute atomic E-state index is 0.0178. The van der Waals surface area contributed by atoms with E-state index in [0.29, 0.717) is 5.41 Å². The van der Waals surface area contributed by atoms with Crippen LogP contribution in [0, 0.1) is 5.41 Å². The first kappa shape index (κ1) is 17.8. The van der Waals surface area contributed by atoms with Crippen molar-refractivity contribution >= 4 is 6.03 Å². The highest BCUT2D eigenvalue weighted by molar-refractivity contribution is 5.78. The van der Waals surface area contributed by atoms with E-state index in [1.807, 2.05) is 0 Å². The first-order valence-corrected chi connectivity index (χ1v) is 10.2. The molecule has 0 unspecified atom stereocenters. The summed E-state index contributed by atoms with van der Waals surface area (Å²) in [6.07, 6.45) is 8.20. The van der Waals surface area contributed by atoms with E-state index >= 15 is 0 Å². The lowest BCUT2D eigenvalue weighted by atomic mass is 9.66. The maximum Gasteiger partial charge on any atom is 0.318 e. The van der Waals surface area contributed by atoms with Crippen molar-refractivity contribution in [3.8, 4) is 0 Å². The van der Waals surface area contributed by atoms with E-state index in [1.165, 1.54) is 24.8 Å². The Morgan fingerprint density at radius 3 is 2.23 bits per heavy atom. The third kappa shape index (κ3) is 2.74. The summed E-state index contributed by atoms with van der Waals surface area (Å²) in [7, 11) is 4.41. The van der Waals surface area contributed by atoms with Gasteiger partial charge in [0.25, 0.3) is 0 Å². The molecule has 2 amide bonds. The van der Waals surface area contributed by atoms with Gasteiger partial charge >= 0.3 is 6.03 Å². The Labute approximate surface area is 157 Å². The molecule has 142 valence electrons. The third-order valence-electron chi connectivity index (χ3n) is 7.66. The van der Waals surface area contributed by atoms with E-state index in [2.05, 4.69) is 66.5 Å². The summed E-state index contributed by atoms with van der Waals surface area (Å²) >= 11 is 0. The molecule has 1 spiro atoms. The highest BCUT2D eigenvalue weighted by atomic mass is 16.2. The minimum Gasteiger partial charge on any atom is -0.336 e. The quantitative estimate of drug-likeness (QED) is 0.887. The Bertz CT molecular complexity index is 657. The fraction of sp³-hybridized carbons (Fsp3) is 0.682. The van der Waals surface area contributed by atoms with Gasteiger partial charge in [-0.25, -0.2) is 4.79 Å². The Hall–Kier alpha value is -1.55. The summed E-state index contributed by atoms with van der Waals surface area (Å²) in [5.41, 5.74) is 1.85. The Balaban J connectivity index is 1.56. The topological polar surface area (TPSA) is 35.6 Å². The molecule has 1 N–H and O–H groups in total. The van der Waals surface area contributed by atoms with Crippen LogP contribution in [0.5, 0.6) is 0 Å². The van der Waals surface area contributed by atoms with Crippen LogP contribution in [-0.4, -0.2) is 48.6 Å². The van der Waals surface area contributed by atoms with Gasteiger partial charge in [-0.3, -0.25) is 4.90 Å². The zero-order valence-electron chi connectivity index (χ0n) is 16.6. The van der Waals surface area contributed by atoms with Gasteiger partial charge in [0.05, 0.1) is 5.54 Å². The van der Waals surface area contributed by atoms with E-state index in [1.54, 1.807) is 0 Å². The smallest absolute Gasteiger partial charge is 0.318 e. The maximum absolute atomic E-state index is 12.6. The number of carbonyl (C=O) groups excluding carboxylic acids is 1. The molecule has 2 saturated carbocycles. The maximum atomic E-state index is 12.6. The summed E-state index contributed by atoms with van der Waals surface area (Å²) in [6.45, 7) is 4.10. The van der Waals surface area contributed by atoms with Crippen LogP contribution in [0.3, 0.4) is 0 Å². The lowest BCUT2D eigenvalue weighted by molar-refractivity contribution is 0.000308. The molecule has 0 atom stereocenters. The normalized spacial score (nSPS) is 33.4. The van der Waals surface area contributed by atoms with Crippen LogP contribution in [0.2, 0.25) is 0 Å². The molecule has 1 saturated heterocycles. The van der Waals surface area contributed by atoms with E-state index in [0.717, 1.165) is 38.8 Å². The molecule has 4 rings (SSSR count). The van der Waals surface area contributed by atoms with Crippen molar-refractivity contribution in [2.75, 3.05) is 27.2 Å². The van der Waals surface area contributed by atoms with Crippen molar-refractivity contribution in [2.45, 2.75) is 62.9 Å². The summed E-state index contributed by atoms with van der Waals surface area (Å²) < 4.78 is 0. The summed E-state index contributed by atoms with van der Waals surface area (Å²) in [4.78, 5) is 17.3. The molecule has 0 bridgehead atoms. The van der Waals surface area contributed by atoms with Gasteiger partial charge in [-0.15, -0.1) is 0 Å². The van der Waals surface area contributed by atoms with Crippen LogP contribution in [0.4, 0.5) is 4.79 Å². The first-order chi connectivity index (χ1) is 12.4. The van der Waals surface area contributed by atoms with Gasteiger partial charge in [0.15, 0.2) is 0 Å². The number of benzene rings is 1. The van der Waals surface area contributed by atoms with E-state index in [9.17, 15) is 4.79 Å². The van der Waals surface area contributed by atoms with Crippen LogP contribution >= 0.6 is 0 Å². The molecule has 4 nitrogen and oxygen atoms in total. The second kappa shape index (κ2) is 6.26. The summed E-state index contributed by atoms with van der Waals surface area (Å²) in [6, 6.07) is 11.1. The van der Waals surface area contributed by atoms with Crippen LogP contribution in [0.25, 0.3) is 0 Å². The van der Waals surface area contributed by atoms with Gasteiger partial charge in [0.2, 0.25) is 0 Å². The Morgan fingerprint density at radius 2 is 1.69 bits per heavy atom. The van der Waals surface area contributed by atoms with Crippen LogP contribution in [0.15, 0.2) is 30.3 Å². The fourth-order valence-corrected chi connectivity index (χ4v) is 5.52. The largest absolute Gasteiger partial charge is 0.336 e. The standard InChI is InChI=1S/C22H33N3O/c1-20(10-7-11-20)17-25-19(26)23-16-21(25)12-14-22(15-13-21,24(2)3)18-8-5-4-6-9-18/h4-6,8-9H,7,10-17H2,1-3H3,(H,23,26)/t21-,22-. The molecule has 1 aromatic carbocycles. The SMILES string of the molecule is CN(C)[C@]1(c2ccccc2)CC[C@@]2(CC1)CNC(=O)N2CC1(C)CCC1. The first-order valence-electron chi connectivity index (χ1n) is 10.2. The fourth-order valence-electron chi connectivity index (χ4n) is 5.52. The van der Waals surface area contributed by atoms with Gasteiger partial charge in [0.1, 0.15) is 0 Å². The lowest BCUT2D eigenvalue weighted by Crippen LogP contribution is -2.57. The Kier molecular flexibility index (Phi) is 4.30. The van der Waals surface area contributed by atoms with Gasteiger partial charge < -0.3 is 10.2 Å². The second-order valence-corrected chi connectivity index (χ2v) is 9.43. The molecule has 0 aromatic heterocycles. The molecule has 2 aliphatic carbocycles. The van der Waals surface area contributed by atoms with Gasteiger partial charge in [-0.05, 0) is 63.6 Å². The molecule has 4 heteroatoms. The van der Waals surface area contributed by atoms with Gasteiger partial charge in [-0.2, -0.15) is 0 Å². The van der Waals surface area contributed by atoms with Crippen molar-refractivity contribution in [3.63, 3.8) is 0 Å². The average molecular weight is 356 g/mol. The van der Waals surface area contributed by atoms with Crippen LogP contribution < -0.4 is 5.32 Å². The van der Waals surface area contributed by atoms with Crippen LogP contribution in [-0.2, 0) is 5.54 Å². The van der Waals surface area contributed by atoms with Crippen molar-refractivity contribution in [1.29, 1.82) is 0 Å². The molecule has 3 aliphatic rings. The van der Waals surface area contributed by atoms with Crippen molar-refractivity contribution < 1.29 is 4.79 Å².